The molecule has 0 bridgehead atoms. The van der Waals surface area contributed by atoms with Gasteiger partial charge in [0.2, 0.25) is 0 Å². The third-order valence-electron chi connectivity index (χ3n) is 2.93. The summed E-state index contributed by atoms with van der Waals surface area (Å²) in [6.07, 6.45) is 2.20. The predicted molar refractivity (Wildman–Crippen MR) is 81.7 cm³/mol. The summed E-state index contributed by atoms with van der Waals surface area (Å²) < 4.78 is 11.1. The Labute approximate surface area is 126 Å². The minimum absolute atomic E-state index is 0.397. The molecule has 0 aliphatic heterocycles. The van der Waals surface area contributed by atoms with Crippen LogP contribution in [0.2, 0.25) is 0 Å². The molecule has 0 heterocycles. The molecule has 0 saturated heterocycles. The lowest BCUT2D eigenvalue weighted by molar-refractivity contribution is 0.294. The minimum Gasteiger partial charge on any atom is -0.496 e. The van der Waals surface area contributed by atoms with E-state index in [0.29, 0.717) is 24.3 Å². The van der Waals surface area contributed by atoms with Gasteiger partial charge in [-0.3, -0.25) is 0 Å². The smallest absolute Gasteiger partial charge is 0.124 e. The number of alkyl halides is 2. The van der Waals surface area contributed by atoms with E-state index in [1.54, 1.807) is 7.11 Å². The molecule has 108 valence electrons. The van der Waals surface area contributed by atoms with Gasteiger partial charge < -0.3 is 9.47 Å². The van der Waals surface area contributed by atoms with Crippen molar-refractivity contribution in [3.63, 3.8) is 0 Å². The van der Waals surface area contributed by atoms with Crippen molar-refractivity contribution in [1.29, 1.82) is 0 Å². The van der Waals surface area contributed by atoms with Crippen molar-refractivity contribution in [3.8, 4) is 11.5 Å². The van der Waals surface area contributed by atoms with Crippen LogP contribution in [0.25, 0.3) is 0 Å². The monoisotopic (exact) mass is 304 g/mol. The fourth-order valence-corrected chi connectivity index (χ4v) is 2.27. The van der Waals surface area contributed by atoms with Gasteiger partial charge in [-0.25, -0.2) is 0 Å². The van der Waals surface area contributed by atoms with Gasteiger partial charge in [-0.15, -0.1) is 23.2 Å². The summed E-state index contributed by atoms with van der Waals surface area (Å²) in [5.41, 5.74) is 1.87. The maximum absolute atomic E-state index is 5.95. The highest BCUT2D eigenvalue weighted by molar-refractivity contribution is 6.18. The summed E-state index contributed by atoms with van der Waals surface area (Å²) in [6.45, 7) is 5.13. The van der Waals surface area contributed by atoms with Crippen molar-refractivity contribution in [2.75, 3.05) is 13.7 Å². The van der Waals surface area contributed by atoms with Crippen LogP contribution in [-0.4, -0.2) is 13.7 Å². The van der Waals surface area contributed by atoms with E-state index in [-0.39, 0.29) is 0 Å². The van der Waals surface area contributed by atoms with Gasteiger partial charge in [0.1, 0.15) is 11.5 Å². The second kappa shape index (κ2) is 8.55. The zero-order chi connectivity index (χ0) is 14.3. The van der Waals surface area contributed by atoms with Crippen molar-refractivity contribution in [2.45, 2.75) is 38.4 Å². The summed E-state index contributed by atoms with van der Waals surface area (Å²) >= 11 is 11.9. The van der Waals surface area contributed by atoms with Crippen molar-refractivity contribution in [1.82, 2.24) is 0 Å². The van der Waals surface area contributed by atoms with Crippen LogP contribution in [0.4, 0.5) is 0 Å². The summed E-state index contributed by atoms with van der Waals surface area (Å²) in [4.78, 5) is 0. The zero-order valence-corrected chi connectivity index (χ0v) is 13.4. The molecule has 2 nitrogen and oxygen atoms in total. The fourth-order valence-electron chi connectivity index (χ4n) is 1.85. The first kappa shape index (κ1) is 16.5. The molecule has 0 amide bonds. The predicted octanol–water partition coefficient (Wildman–Crippen LogP) is 4.99. The number of ether oxygens (including phenoxy) is 2. The molecule has 0 spiro atoms. The van der Waals surface area contributed by atoms with Gasteiger partial charge in [0.15, 0.2) is 0 Å². The van der Waals surface area contributed by atoms with E-state index < -0.39 is 0 Å². The van der Waals surface area contributed by atoms with E-state index >= 15 is 0 Å². The van der Waals surface area contributed by atoms with Gasteiger partial charge in [-0.05, 0) is 30.9 Å². The van der Waals surface area contributed by atoms with E-state index in [1.807, 2.05) is 12.1 Å². The molecule has 0 saturated carbocycles. The Kier molecular flexibility index (Phi) is 7.40. The Hall–Kier alpha value is -0.600. The Balaban J connectivity index is 2.75. The van der Waals surface area contributed by atoms with Crippen LogP contribution in [0.5, 0.6) is 11.5 Å². The first-order chi connectivity index (χ1) is 9.12. The van der Waals surface area contributed by atoms with E-state index in [4.69, 9.17) is 32.7 Å². The normalized spacial score (nSPS) is 10.8. The number of rotatable bonds is 8. The first-order valence-electron chi connectivity index (χ1n) is 6.56. The van der Waals surface area contributed by atoms with E-state index in [2.05, 4.69) is 13.8 Å². The van der Waals surface area contributed by atoms with Crippen molar-refractivity contribution in [2.24, 2.45) is 5.92 Å². The molecule has 0 unspecified atom stereocenters. The highest BCUT2D eigenvalue weighted by Gasteiger charge is 2.10. The highest BCUT2D eigenvalue weighted by atomic mass is 35.5. The lowest BCUT2D eigenvalue weighted by Crippen LogP contribution is -2.03. The molecule has 1 rings (SSSR count). The molecule has 0 radical (unpaired) electrons. The average molecular weight is 305 g/mol. The topological polar surface area (TPSA) is 18.5 Å². The Morgan fingerprint density at radius 1 is 1.05 bits per heavy atom. The van der Waals surface area contributed by atoms with Crippen molar-refractivity contribution < 1.29 is 9.47 Å². The molecular formula is C15H22Cl2O2. The van der Waals surface area contributed by atoms with Gasteiger partial charge in [-0.1, -0.05) is 13.8 Å². The molecule has 0 aliphatic carbocycles. The van der Waals surface area contributed by atoms with Crippen molar-refractivity contribution in [3.05, 3.63) is 23.3 Å². The van der Waals surface area contributed by atoms with Gasteiger partial charge >= 0.3 is 0 Å². The first-order valence-corrected chi connectivity index (χ1v) is 7.63. The Morgan fingerprint density at radius 3 is 2.16 bits per heavy atom. The molecule has 0 fully saturated rings. The van der Waals surface area contributed by atoms with Crippen LogP contribution in [0.15, 0.2) is 12.1 Å². The maximum Gasteiger partial charge on any atom is 0.124 e. The standard InChI is InChI=1S/C15H22Cl2O2/c1-11(2)5-4-6-19-15-8-12(9-16)14(18-3)7-13(15)10-17/h7-8,11H,4-6,9-10H2,1-3H3. The quantitative estimate of drug-likeness (QED) is 0.498. The van der Waals surface area contributed by atoms with E-state index in [1.165, 1.54) is 0 Å². The van der Waals surface area contributed by atoms with Crippen LogP contribution in [0.3, 0.4) is 0 Å². The Morgan fingerprint density at radius 2 is 1.63 bits per heavy atom. The average Bonchev–Trinajstić information content (AvgIpc) is 2.42. The second-order valence-electron chi connectivity index (χ2n) is 4.92. The molecule has 4 heteroatoms. The van der Waals surface area contributed by atoms with E-state index in [0.717, 1.165) is 35.5 Å². The maximum atomic E-state index is 5.95. The van der Waals surface area contributed by atoms with Crippen LogP contribution in [0.1, 0.15) is 37.8 Å². The minimum atomic E-state index is 0.397. The molecule has 0 aromatic heterocycles. The number of methoxy groups -OCH3 is 1. The molecule has 0 aliphatic rings. The summed E-state index contributed by atoms with van der Waals surface area (Å²) in [7, 11) is 1.63. The SMILES string of the molecule is COc1cc(CCl)c(OCCCC(C)C)cc1CCl. The highest BCUT2D eigenvalue weighted by Crippen LogP contribution is 2.31. The lowest BCUT2D eigenvalue weighted by Gasteiger charge is -2.14. The Bertz CT molecular complexity index is 392. The molecule has 0 N–H and O–H groups in total. The third-order valence-corrected chi connectivity index (χ3v) is 3.51. The molecule has 1 aromatic rings. The third kappa shape index (κ3) is 5.12. The summed E-state index contributed by atoms with van der Waals surface area (Å²) in [5, 5.41) is 0. The van der Waals surface area contributed by atoms with Crippen LogP contribution in [-0.2, 0) is 11.8 Å². The van der Waals surface area contributed by atoms with Gasteiger partial charge in [0.05, 0.1) is 25.5 Å². The summed E-state index contributed by atoms with van der Waals surface area (Å²) in [5.74, 6) is 3.08. The molecule has 1 aromatic carbocycles. The number of hydrogen-bond donors (Lipinski definition) is 0. The molecular weight excluding hydrogens is 283 g/mol. The van der Waals surface area contributed by atoms with Gasteiger partial charge in [0.25, 0.3) is 0 Å². The number of benzene rings is 1. The van der Waals surface area contributed by atoms with Gasteiger partial charge in [0, 0.05) is 11.1 Å². The van der Waals surface area contributed by atoms with Crippen LogP contribution in [0, 0.1) is 5.92 Å². The lowest BCUT2D eigenvalue weighted by atomic mass is 10.1. The molecule has 0 atom stereocenters. The number of hydrogen-bond acceptors (Lipinski definition) is 2. The number of halogens is 2. The van der Waals surface area contributed by atoms with E-state index in [9.17, 15) is 0 Å². The zero-order valence-electron chi connectivity index (χ0n) is 11.8. The van der Waals surface area contributed by atoms with Crippen LogP contribution < -0.4 is 9.47 Å². The molecule has 19 heavy (non-hydrogen) atoms. The second-order valence-corrected chi connectivity index (χ2v) is 5.46. The summed E-state index contributed by atoms with van der Waals surface area (Å²) in [6, 6.07) is 3.83. The van der Waals surface area contributed by atoms with Crippen LogP contribution >= 0.6 is 23.2 Å². The fraction of sp³-hybridized carbons (Fsp3) is 0.600. The van der Waals surface area contributed by atoms with Crippen molar-refractivity contribution >= 4 is 23.2 Å². The largest absolute Gasteiger partial charge is 0.496 e. The van der Waals surface area contributed by atoms with Gasteiger partial charge in [-0.2, -0.15) is 0 Å².